The minimum atomic E-state index is -0.0570. The average molecular weight is 392 g/mol. The van der Waals surface area contributed by atoms with Gasteiger partial charge in [-0.25, -0.2) is 14.5 Å². The number of hydrogen-bond acceptors (Lipinski definition) is 4. The molecule has 0 spiro atoms. The Morgan fingerprint density at radius 2 is 2.00 bits per heavy atom. The van der Waals surface area contributed by atoms with E-state index in [2.05, 4.69) is 15.4 Å². The molecule has 0 aliphatic rings. The van der Waals surface area contributed by atoms with Gasteiger partial charge in [-0.3, -0.25) is 4.79 Å². The maximum atomic E-state index is 12.0. The third-order valence-electron chi connectivity index (χ3n) is 4.27. The number of benzene rings is 1. The van der Waals surface area contributed by atoms with Crippen molar-refractivity contribution in [2.75, 3.05) is 5.32 Å². The maximum absolute atomic E-state index is 12.0. The number of nitrogens with zero attached hydrogens (tertiary/aromatic N) is 4. The van der Waals surface area contributed by atoms with Crippen molar-refractivity contribution in [3.8, 4) is 22.5 Å². The van der Waals surface area contributed by atoms with Gasteiger partial charge in [0.2, 0.25) is 5.91 Å². The van der Waals surface area contributed by atoms with E-state index in [-0.39, 0.29) is 5.91 Å². The number of aromatic nitrogens is 4. The highest BCUT2D eigenvalue weighted by molar-refractivity contribution is 6.30. The summed E-state index contributed by atoms with van der Waals surface area (Å²) in [5.41, 5.74) is 4.04. The van der Waals surface area contributed by atoms with Crippen molar-refractivity contribution in [2.24, 2.45) is 0 Å². The number of nitrogens with one attached hydrogen (secondary N) is 1. The van der Waals surface area contributed by atoms with E-state index < -0.39 is 0 Å². The number of hydrogen-bond donors (Lipinski definition) is 1. The van der Waals surface area contributed by atoms with Crippen molar-refractivity contribution < 1.29 is 4.79 Å². The lowest BCUT2D eigenvalue weighted by Gasteiger charge is -2.08. The molecule has 0 saturated carbocycles. The van der Waals surface area contributed by atoms with E-state index in [0.29, 0.717) is 17.3 Å². The van der Waals surface area contributed by atoms with Gasteiger partial charge in [0, 0.05) is 35.0 Å². The smallest absolute Gasteiger partial charge is 0.225 e. The van der Waals surface area contributed by atoms with Gasteiger partial charge in [0.25, 0.3) is 0 Å². The van der Waals surface area contributed by atoms with Gasteiger partial charge in [-0.1, -0.05) is 30.7 Å². The minimum Gasteiger partial charge on any atom is -0.311 e. The second-order valence-corrected chi connectivity index (χ2v) is 6.78. The predicted octanol–water partition coefficient (Wildman–Crippen LogP) is 4.85. The highest BCUT2D eigenvalue weighted by Gasteiger charge is 2.18. The molecule has 0 bridgehead atoms. The highest BCUT2D eigenvalue weighted by atomic mass is 35.5. The second-order valence-electron chi connectivity index (χ2n) is 6.34. The Morgan fingerprint density at radius 3 is 2.82 bits per heavy atom. The second kappa shape index (κ2) is 7.78. The molecule has 0 aliphatic heterocycles. The van der Waals surface area contributed by atoms with Gasteiger partial charge in [0.15, 0.2) is 5.65 Å². The number of halogens is 1. The number of anilines is 1. The lowest BCUT2D eigenvalue weighted by Crippen LogP contribution is -2.11. The molecule has 1 amide bonds. The standard InChI is InChI=1S/C21H18ClN5O/c1-2-5-19(28)25-17-13-15(9-11-23-17)21-20(14-6-3-7-16(22)12-14)26-18-8-4-10-24-27(18)21/h3-4,6-13H,2,5H2,1H3,(H,23,25,28). The summed E-state index contributed by atoms with van der Waals surface area (Å²) in [5.74, 6) is 0.442. The number of rotatable bonds is 5. The molecule has 140 valence electrons. The van der Waals surface area contributed by atoms with E-state index in [1.165, 1.54) is 0 Å². The van der Waals surface area contributed by atoms with Gasteiger partial charge < -0.3 is 5.32 Å². The largest absolute Gasteiger partial charge is 0.311 e. The van der Waals surface area contributed by atoms with Gasteiger partial charge in [0.05, 0.1) is 5.69 Å². The molecule has 3 heterocycles. The Hall–Kier alpha value is -3.25. The molecule has 0 unspecified atom stereocenters. The summed E-state index contributed by atoms with van der Waals surface area (Å²) in [7, 11) is 0. The minimum absolute atomic E-state index is 0.0570. The van der Waals surface area contributed by atoms with E-state index in [9.17, 15) is 4.79 Å². The lowest BCUT2D eigenvalue weighted by atomic mass is 10.1. The topological polar surface area (TPSA) is 72.2 Å². The molecule has 28 heavy (non-hydrogen) atoms. The zero-order chi connectivity index (χ0) is 19.5. The maximum Gasteiger partial charge on any atom is 0.225 e. The van der Waals surface area contributed by atoms with Crippen LogP contribution in [0.5, 0.6) is 0 Å². The van der Waals surface area contributed by atoms with Crippen molar-refractivity contribution in [2.45, 2.75) is 19.8 Å². The summed E-state index contributed by atoms with van der Waals surface area (Å²) in [5, 5.41) is 7.93. The van der Waals surface area contributed by atoms with Gasteiger partial charge in [-0.2, -0.15) is 5.10 Å². The van der Waals surface area contributed by atoms with E-state index in [0.717, 1.165) is 34.6 Å². The van der Waals surface area contributed by atoms with Crippen LogP contribution in [0, 0.1) is 0 Å². The molecule has 1 N–H and O–H groups in total. The van der Waals surface area contributed by atoms with E-state index in [1.807, 2.05) is 55.5 Å². The SMILES string of the molecule is CCCC(=O)Nc1cc(-c2c(-c3cccc(Cl)c3)nc3cccnn23)ccn1. The molecule has 0 saturated heterocycles. The number of carbonyl (C=O) groups excluding carboxylic acids is 1. The normalized spacial score (nSPS) is 10.9. The van der Waals surface area contributed by atoms with Crippen LogP contribution in [0.2, 0.25) is 5.02 Å². The Labute approximate surface area is 167 Å². The van der Waals surface area contributed by atoms with Crippen LogP contribution in [0.1, 0.15) is 19.8 Å². The summed E-state index contributed by atoms with van der Waals surface area (Å²) in [6.07, 6.45) is 4.62. The van der Waals surface area contributed by atoms with Gasteiger partial charge in [-0.05, 0) is 42.8 Å². The van der Waals surface area contributed by atoms with Crippen molar-refractivity contribution in [3.05, 3.63) is 65.9 Å². The highest BCUT2D eigenvalue weighted by Crippen LogP contribution is 2.33. The van der Waals surface area contributed by atoms with Crippen LogP contribution in [-0.4, -0.2) is 25.5 Å². The number of imidazole rings is 1. The van der Waals surface area contributed by atoms with E-state index in [4.69, 9.17) is 16.6 Å². The number of carbonyl (C=O) groups is 1. The van der Waals surface area contributed by atoms with Crippen molar-refractivity contribution >= 4 is 29.0 Å². The van der Waals surface area contributed by atoms with Gasteiger partial charge in [0.1, 0.15) is 11.5 Å². The molecule has 0 radical (unpaired) electrons. The van der Waals surface area contributed by atoms with Crippen LogP contribution in [0.4, 0.5) is 5.82 Å². The van der Waals surface area contributed by atoms with Crippen molar-refractivity contribution in [1.29, 1.82) is 0 Å². The summed E-state index contributed by atoms with van der Waals surface area (Å²) < 4.78 is 1.78. The first-order chi connectivity index (χ1) is 13.7. The summed E-state index contributed by atoms with van der Waals surface area (Å²) in [6.45, 7) is 1.96. The number of fused-ring (bicyclic) bond motifs is 1. The number of pyridine rings is 1. The molecule has 0 atom stereocenters. The van der Waals surface area contributed by atoms with Crippen LogP contribution < -0.4 is 5.32 Å². The third-order valence-corrected chi connectivity index (χ3v) is 4.50. The molecule has 0 aliphatic carbocycles. The molecule has 7 heteroatoms. The monoisotopic (exact) mass is 391 g/mol. The summed E-state index contributed by atoms with van der Waals surface area (Å²) in [6, 6.07) is 15.0. The van der Waals surface area contributed by atoms with Crippen LogP contribution in [-0.2, 0) is 4.79 Å². The molecule has 1 aromatic carbocycles. The summed E-state index contributed by atoms with van der Waals surface area (Å²) >= 11 is 6.20. The Bertz CT molecular complexity index is 1150. The molecule has 4 rings (SSSR count). The van der Waals surface area contributed by atoms with Crippen LogP contribution in [0.15, 0.2) is 60.9 Å². The Kier molecular flexibility index (Phi) is 5.04. The average Bonchev–Trinajstić information content (AvgIpc) is 3.08. The first-order valence-corrected chi connectivity index (χ1v) is 9.39. The summed E-state index contributed by atoms with van der Waals surface area (Å²) in [4.78, 5) is 21.0. The van der Waals surface area contributed by atoms with Crippen LogP contribution in [0.25, 0.3) is 28.2 Å². The Balaban J connectivity index is 1.86. The Morgan fingerprint density at radius 1 is 1.11 bits per heavy atom. The first-order valence-electron chi connectivity index (χ1n) is 9.01. The van der Waals surface area contributed by atoms with Crippen molar-refractivity contribution in [1.82, 2.24) is 19.6 Å². The van der Waals surface area contributed by atoms with Gasteiger partial charge in [-0.15, -0.1) is 0 Å². The fourth-order valence-corrected chi connectivity index (χ4v) is 3.25. The van der Waals surface area contributed by atoms with Crippen molar-refractivity contribution in [3.63, 3.8) is 0 Å². The lowest BCUT2D eigenvalue weighted by molar-refractivity contribution is -0.116. The van der Waals surface area contributed by atoms with Crippen LogP contribution >= 0.6 is 11.6 Å². The zero-order valence-electron chi connectivity index (χ0n) is 15.3. The predicted molar refractivity (Wildman–Crippen MR) is 110 cm³/mol. The van der Waals surface area contributed by atoms with E-state index >= 15 is 0 Å². The molecular weight excluding hydrogens is 374 g/mol. The fourth-order valence-electron chi connectivity index (χ4n) is 3.06. The molecule has 4 aromatic rings. The first kappa shape index (κ1) is 18.1. The van der Waals surface area contributed by atoms with E-state index in [1.54, 1.807) is 16.9 Å². The molecule has 0 fully saturated rings. The molecule has 3 aromatic heterocycles. The molecule has 6 nitrogen and oxygen atoms in total. The number of amides is 1. The van der Waals surface area contributed by atoms with Gasteiger partial charge >= 0.3 is 0 Å². The quantitative estimate of drug-likeness (QED) is 0.527. The molecular formula is C21H18ClN5O. The third kappa shape index (κ3) is 3.59. The zero-order valence-corrected chi connectivity index (χ0v) is 16.0. The fraction of sp³-hybridized carbons (Fsp3) is 0.143. The van der Waals surface area contributed by atoms with Crippen LogP contribution in [0.3, 0.4) is 0 Å².